The Labute approximate surface area is 247 Å². The summed E-state index contributed by atoms with van der Waals surface area (Å²) in [6.07, 6.45) is -10.1. The molecule has 0 aliphatic carbocycles. The third kappa shape index (κ3) is 9.19. The van der Waals surface area contributed by atoms with Crippen LogP contribution < -0.4 is 0 Å². The van der Waals surface area contributed by atoms with E-state index in [0.717, 1.165) is 0 Å². The molecule has 0 radical (unpaired) electrons. The van der Waals surface area contributed by atoms with Crippen molar-refractivity contribution in [1.29, 1.82) is 0 Å². The van der Waals surface area contributed by atoms with Crippen LogP contribution in [0.1, 0.15) is 44.0 Å². The molecule has 0 fully saturated rings. The topological polar surface area (TPSA) is 191 Å². The Kier molecular flexibility index (Phi) is 12.9. The summed E-state index contributed by atoms with van der Waals surface area (Å²) < 4.78 is 89.5. The van der Waals surface area contributed by atoms with E-state index in [2.05, 4.69) is 9.97 Å². The van der Waals surface area contributed by atoms with Gasteiger partial charge in [-0.1, -0.05) is 11.6 Å². The minimum Gasteiger partial charge on any atom is -0.466 e. The zero-order chi connectivity index (χ0) is 34.0. The van der Waals surface area contributed by atoms with Crippen molar-refractivity contribution in [3.05, 3.63) is 66.7 Å². The molecule has 0 saturated carbocycles. The van der Waals surface area contributed by atoms with Gasteiger partial charge in [0.2, 0.25) is 10.6 Å². The van der Waals surface area contributed by atoms with Gasteiger partial charge in [-0.2, -0.15) is 26.3 Å². The minimum atomic E-state index is -4.99. The lowest BCUT2D eigenvalue weighted by atomic mass is 9.79. The normalized spacial score (nSPS) is 11.5. The molecule has 0 aromatic carbocycles. The van der Waals surface area contributed by atoms with Crippen LogP contribution in [0, 0.1) is 20.2 Å². The third-order valence-corrected chi connectivity index (χ3v) is 5.39. The SMILES string of the molecule is CCOC(=O)CC(C(=O)OCC)(C(=O)OCC)c1ncc(C(F)(F)F)cc1[N+](=O)[O-].O=[N+]([O-])c1cc(C(F)(F)F)cnc1Cl. The first-order valence-electron chi connectivity index (χ1n) is 11.9. The van der Waals surface area contributed by atoms with E-state index >= 15 is 0 Å². The van der Waals surface area contributed by atoms with Crippen LogP contribution in [-0.4, -0.2) is 57.5 Å². The second kappa shape index (κ2) is 15.2. The molecule has 2 rings (SSSR count). The number of pyridine rings is 2. The number of hydrogen-bond donors (Lipinski definition) is 0. The fourth-order valence-electron chi connectivity index (χ4n) is 3.24. The lowest BCUT2D eigenvalue weighted by molar-refractivity contribution is -0.386. The lowest BCUT2D eigenvalue weighted by Crippen LogP contribution is -2.49. The van der Waals surface area contributed by atoms with E-state index in [1.807, 2.05) is 0 Å². The van der Waals surface area contributed by atoms with Crippen LogP contribution in [0.25, 0.3) is 0 Å². The minimum absolute atomic E-state index is 0.112. The van der Waals surface area contributed by atoms with Crippen molar-refractivity contribution in [3.8, 4) is 0 Å². The maximum absolute atomic E-state index is 13.0. The van der Waals surface area contributed by atoms with E-state index in [9.17, 15) is 61.0 Å². The number of esters is 3. The Balaban J connectivity index is 0.000000574. The highest BCUT2D eigenvalue weighted by atomic mass is 35.5. The molecule has 242 valence electrons. The maximum atomic E-state index is 13.0. The Hall–Kier alpha value is -4.62. The van der Waals surface area contributed by atoms with Gasteiger partial charge in [0.1, 0.15) is 5.69 Å². The number of carbonyl (C=O) groups excluding carboxylic acids is 3. The first-order valence-corrected chi connectivity index (χ1v) is 12.2. The fourth-order valence-corrected chi connectivity index (χ4v) is 3.41. The number of hydrogen-bond acceptors (Lipinski definition) is 12. The maximum Gasteiger partial charge on any atom is 0.418 e. The molecule has 0 spiro atoms. The van der Waals surface area contributed by atoms with Crippen molar-refractivity contribution in [1.82, 2.24) is 9.97 Å². The highest BCUT2D eigenvalue weighted by Gasteiger charge is 2.57. The van der Waals surface area contributed by atoms with Gasteiger partial charge >= 0.3 is 35.9 Å². The van der Waals surface area contributed by atoms with Crippen molar-refractivity contribution >= 4 is 40.9 Å². The highest BCUT2D eigenvalue weighted by molar-refractivity contribution is 6.31. The summed E-state index contributed by atoms with van der Waals surface area (Å²) in [6, 6.07) is 0.454. The molecule has 2 aromatic rings. The smallest absolute Gasteiger partial charge is 0.418 e. The van der Waals surface area contributed by atoms with Crippen LogP contribution in [0.3, 0.4) is 0 Å². The molecule has 0 bridgehead atoms. The highest BCUT2D eigenvalue weighted by Crippen LogP contribution is 2.40. The van der Waals surface area contributed by atoms with Crippen molar-refractivity contribution < 1.29 is 64.8 Å². The standard InChI is InChI=1S/C17H19F3N2O8.C6H2ClF3N2O2/c1-4-28-12(23)8-16(14(24)29-5-2,15(25)30-6-3)13-11(22(26)27)7-10(9-21-13)17(18,19)20;7-5-4(12(13)14)1-3(2-11-5)6(8,9)10/h7,9H,4-6,8H2,1-3H3;1-2H. The van der Waals surface area contributed by atoms with Gasteiger partial charge in [0.15, 0.2) is 0 Å². The van der Waals surface area contributed by atoms with Crippen LogP contribution in [0.5, 0.6) is 0 Å². The first kappa shape index (κ1) is 37.4. The summed E-state index contributed by atoms with van der Waals surface area (Å²) in [5.41, 5.74) is -8.73. The number of nitrogens with zero attached hydrogens (tertiary/aromatic N) is 4. The molecule has 2 aromatic heterocycles. The molecule has 0 N–H and O–H groups in total. The van der Waals surface area contributed by atoms with Crippen molar-refractivity contribution in [2.75, 3.05) is 19.8 Å². The molecule has 0 amide bonds. The molecular weight excluding hydrogens is 642 g/mol. The van der Waals surface area contributed by atoms with Crippen LogP contribution >= 0.6 is 11.6 Å². The molecular formula is C23H21ClF6N4O10. The van der Waals surface area contributed by atoms with Crippen LogP contribution in [0.15, 0.2) is 24.5 Å². The summed E-state index contributed by atoms with van der Waals surface area (Å²) in [6.45, 7) is 3.35. The van der Waals surface area contributed by atoms with Crippen LogP contribution in [0.4, 0.5) is 37.7 Å². The summed E-state index contributed by atoms with van der Waals surface area (Å²) in [4.78, 5) is 63.6. The number of carbonyl (C=O) groups is 3. The Bertz CT molecular complexity index is 1390. The summed E-state index contributed by atoms with van der Waals surface area (Å²) in [5, 5.41) is 21.1. The Morgan fingerprint density at radius 3 is 1.57 bits per heavy atom. The fraction of sp³-hybridized carbons (Fsp3) is 0.435. The van der Waals surface area contributed by atoms with Gasteiger partial charge < -0.3 is 14.2 Å². The van der Waals surface area contributed by atoms with Gasteiger partial charge in [0.05, 0.1) is 47.2 Å². The van der Waals surface area contributed by atoms with Crippen LogP contribution in [0.2, 0.25) is 5.15 Å². The number of rotatable bonds is 10. The second-order valence-electron chi connectivity index (χ2n) is 7.96. The second-order valence-corrected chi connectivity index (χ2v) is 8.32. The number of halogens is 7. The summed E-state index contributed by atoms with van der Waals surface area (Å²) in [7, 11) is 0. The predicted octanol–water partition coefficient (Wildman–Crippen LogP) is 4.99. The molecule has 0 saturated heterocycles. The molecule has 14 nitrogen and oxygen atoms in total. The first-order chi connectivity index (χ1) is 20.3. The van der Waals surface area contributed by atoms with Gasteiger partial charge in [-0.3, -0.25) is 39.6 Å². The zero-order valence-corrected chi connectivity index (χ0v) is 23.4. The van der Waals surface area contributed by atoms with E-state index in [4.69, 9.17) is 25.8 Å². The molecule has 0 atom stereocenters. The van der Waals surface area contributed by atoms with Crippen molar-refractivity contribution in [2.45, 2.75) is 45.0 Å². The van der Waals surface area contributed by atoms with E-state index in [-0.39, 0.29) is 32.1 Å². The molecule has 44 heavy (non-hydrogen) atoms. The predicted molar refractivity (Wildman–Crippen MR) is 133 cm³/mol. The summed E-state index contributed by atoms with van der Waals surface area (Å²) in [5.74, 6) is -4.05. The molecule has 2 heterocycles. The van der Waals surface area contributed by atoms with E-state index in [1.165, 1.54) is 20.8 Å². The van der Waals surface area contributed by atoms with Gasteiger partial charge in [-0.15, -0.1) is 0 Å². The zero-order valence-electron chi connectivity index (χ0n) is 22.7. The number of nitro groups is 2. The average molecular weight is 663 g/mol. The third-order valence-electron chi connectivity index (χ3n) is 5.10. The van der Waals surface area contributed by atoms with Gasteiger partial charge in [0.25, 0.3) is 5.69 Å². The Morgan fingerprint density at radius 2 is 1.18 bits per heavy atom. The van der Waals surface area contributed by atoms with E-state index in [1.54, 1.807) is 0 Å². The number of aromatic nitrogens is 2. The molecule has 0 unspecified atom stereocenters. The van der Waals surface area contributed by atoms with Crippen LogP contribution in [-0.2, 0) is 46.4 Å². The lowest BCUT2D eigenvalue weighted by Gasteiger charge is -2.27. The van der Waals surface area contributed by atoms with E-state index < -0.39 is 85.3 Å². The van der Waals surface area contributed by atoms with Gasteiger partial charge in [-0.05, 0) is 20.8 Å². The van der Waals surface area contributed by atoms with E-state index in [0.29, 0.717) is 12.3 Å². The molecule has 0 aliphatic heterocycles. The summed E-state index contributed by atoms with van der Waals surface area (Å²) >= 11 is 5.22. The van der Waals surface area contributed by atoms with Gasteiger partial charge in [0, 0.05) is 24.5 Å². The largest absolute Gasteiger partial charge is 0.466 e. The average Bonchev–Trinajstić information content (AvgIpc) is 2.91. The molecule has 0 aliphatic rings. The number of ether oxygens (including phenoxy) is 3. The molecule has 21 heteroatoms. The van der Waals surface area contributed by atoms with Crippen molar-refractivity contribution in [2.24, 2.45) is 0 Å². The quantitative estimate of drug-likeness (QED) is 0.0631. The monoisotopic (exact) mass is 662 g/mol. The number of alkyl halides is 6. The van der Waals surface area contributed by atoms with Crippen molar-refractivity contribution in [3.63, 3.8) is 0 Å². The Morgan fingerprint density at radius 1 is 0.773 bits per heavy atom. The van der Waals surface area contributed by atoms with Gasteiger partial charge in [-0.25, -0.2) is 4.98 Å².